The molecule has 0 aliphatic heterocycles. The van der Waals surface area contributed by atoms with Crippen LogP contribution in [-0.4, -0.2) is 8.07 Å². The topological polar surface area (TPSA) is 0 Å². The first-order chi connectivity index (χ1) is 5.06. The molecule has 0 unspecified atom stereocenters. The van der Waals surface area contributed by atoms with Crippen molar-refractivity contribution in [2.45, 2.75) is 52.2 Å². The minimum Gasteiger partial charge on any atom is -0.0989 e. The molecular weight excluding hydrogens is 148 g/mol. The van der Waals surface area contributed by atoms with E-state index in [1.54, 1.807) is 0 Å². The van der Waals surface area contributed by atoms with E-state index < -0.39 is 8.07 Å². The molecule has 0 amide bonds. The summed E-state index contributed by atoms with van der Waals surface area (Å²) in [5.41, 5.74) is 2.45. The van der Waals surface area contributed by atoms with Gasteiger partial charge >= 0.3 is 0 Å². The lowest BCUT2D eigenvalue weighted by atomic mass is 10.2. The van der Waals surface area contributed by atoms with Crippen LogP contribution in [0.3, 0.4) is 0 Å². The molecule has 0 spiro atoms. The lowest BCUT2D eigenvalue weighted by Gasteiger charge is -2.07. The van der Waals surface area contributed by atoms with Crippen molar-refractivity contribution in [2.75, 3.05) is 0 Å². The zero-order valence-electron chi connectivity index (χ0n) is 8.48. The number of allylic oxidation sites excluding steroid dienone is 1. The summed E-state index contributed by atoms with van der Waals surface area (Å²) in [6.07, 6.45) is 7.76. The molecule has 0 rings (SSSR count). The Kier molecular flexibility index (Phi) is 5.57. The average molecular weight is 170 g/mol. The SMILES string of the molecule is CCCCCC=C[Si](C)(C)C. The summed E-state index contributed by atoms with van der Waals surface area (Å²) < 4.78 is 0. The lowest BCUT2D eigenvalue weighted by molar-refractivity contribution is 0.729. The van der Waals surface area contributed by atoms with Gasteiger partial charge in [-0.05, 0) is 12.8 Å². The van der Waals surface area contributed by atoms with Crippen LogP contribution in [0, 0.1) is 0 Å². The van der Waals surface area contributed by atoms with E-state index in [0.717, 1.165) is 0 Å². The fourth-order valence-electron chi connectivity index (χ4n) is 0.949. The summed E-state index contributed by atoms with van der Waals surface area (Å²) in [7, 11) is -0.898. The highest BCUT2D eigenvalue weighted by Crippen LogP contribution is 2.05. The smallest absolute Gasteiger partial charge is 0.0682 e. The Morgan fingerprint density at radius 1 is 1.09 bits per heavy atom. The largest absolute Gasteiger partial charge is 0.0989 e. The van der Waals surface area contributed by atoms with E-state index in [9.17, 15) is 0 Å². The van der Waals surface area contributed by atoms with E-state index >= 15 is 0 Å². The summed E-state index contributed by atoms with van der Waals surface area (Å²) in [6.45, 7) is 9.39. The Morgan fingerprint density at radius 3 is 2.18 bits per heavy atom. The average Bonchev–Trinajstić information content (AvgIpc) is 1.85. The maximum absolute atomic E-state index is 2.45. The van der Waals surface area contributed by atoms with Crippen LogP contribution >= 0.6 is 0 Å². The van der Waals surface area contributed by atoms with Gasteiger partial charge in [0.1, 0.15) is 0 Å². The van der Waals surface area contributed by atoms with Crippen LogP contribution in [0.25, 0.3) is 0 Å². The Hall–Kier alpha value is -0.0431. The van der Waals surface area contributed by atoms with Crippen LogP contribution in [0.4, 0.5) is 0 Å². The molecule has 0 aromatic carbocycles. The second-order valence-electron chi connectivity index (χ2n) is 4.26. The van der Waals surface area contributed by atoms with Gasteiger partial charge in [0.05, 0.1) is 8.07 Å². The second-order valence-corrected chi connectivity index (χ2v) is 9.33. The predicted octanol–water partition coefficient (Wildman–Crippen LogP) is 4.00. The molecule has 0 N–H and O–H groups in total. The van der Waals surface area contributed by atoms with Crippen LogP contribution < -0.4 is 0 Å². The number of hydrogen-bond acceptors (Lipinski definition) is 0. The van der Waals surface area contributed by atoms with Gasteiger partial charge in [-0.25, -0.2) is 0 Å². The molecule has 0 heterocycles. The lowest BCUT2D eigenvalue weighted by Crippen LogP contribution is -2.15. The maximum Gasteiger partial charge on any atom is 0.0682 e. The minimum absolute atomic E-state index is 0.898. The fourth-order valence-corrected chi connectivity index (χ4v) is 1.82. The maximum atomic E-state index is 2.45. The van der Waals surface area contributed by atoms with Gasteiger partial charge in [-0.3, -0.25) is 0 Å². The summed E-state index contributed by atoms with van der Waals surface area (Å²) in [5, 5.41) is 0. The van der Waals surface area contributed by atoms with Gasteiger partial charge in [0.2, 0.25) is 0 Å². The molecule has 66 valence electrons. The Bertz CT molecular complexity index is 109. The van der Waals surface area contributed by atoms with Gasteiger partial charge in [-0.2, -0.15) is 0 Å². The Morgan fingerprint density at radius 2 is 1.73 bits per heavy atom. The van der Waals surface area contributed by atoms with E-state index in [1.165, 1.54) is 25.7 Å². The molecule has 0 aromatic heterocycles. The quantitative estimate of drug-likeness (QED) is 0.432. The molecule has 0 aliphatic rings. The van der Waals surface area contributed by atoms with E-state index in [0.29, 0.717) is 0 Å². The number of unbranched alkanes of at least 4 members (excludes halogenated alkanes) is 3. The Labute approximate surface area is 72.7 Å². The van der Waals surface area contributed by atoms with Crippen molar-refractivity contribution in [3.8, 4) is 0 Å². The monoisotopic (exact) mass is 170 g/mol. The van der Waals surface area contributed by atoms with Crippen LogP contribution in [0.5, 0.6) is 0 Å². The zero-order chi connectivity index (χ0) is 8.74. The normalized spacial score (nSPS) is 12.7. The van der Waals surface area contributed by atoms with E-state index in [-0.39, 0.29) is 0 Å². The molecule has 0 aromatic rings. The third kappa shape index (κ3) is 9.96. The van der Waals surface area contributed by atoms with Gasteiger partial charge in [0.15, 0.2) is 0 Å². The highest BCUT2D eigenvalue weighted by Gasteiger charge is 2.05. The first-order valence-corrected chi connectivity index (χ1v) is 8.31. The molecule has 0 aliphatic carbocycles. The van der Waals surface area contributed by atoms with Crippen molar-refractivity contribution >= 4 is 8.07 Å². The molecule has 0 saturated heterocycles. The number of rotatable bonds is 5. The van der Waals surface area contributed by atoms with Gasteiger partial charge in [-0.15, -0.1) is 0 Å². The van der Waals surface area contributed by atoms with Crippen LogP contribution in [-0.2, 0) is 0 Å². The van der Waals surface area contributed by atoms with E-state index in [2.05, 4.69) is 38.3 Å². The molecule has 0 nitrogen and oxygen atoms in total. The first-order valence-electron chi connectivity index (χ1n) is 4.74. The highest BCUT2D eigenvalue weighted by molar-refractivity contribution is 6.80. The van der Waals surface area contributed by atoms with Gasteiger partial charge < -0.3 is 0 Å². The zero-order valence-corrected chi connectivity index (χ0v) is 9.48. The van der Waals surface area contributed by atoms with Crippen LogP contribution in [0.15, 0.2) is 11.8 Å². The van der Waals surface area contributed by atoms with Crippen molar-refractivity contribution in [3.63, 3.8) is 0 Å². The Balaban J connectivity index is 3.30. The van der Waals surface area contributed by atoms with Crippen LogP contribution in [0.2, 0.25) is 19.6 Å². The summed E-state index contributed by atoms with van der Waals surface area (Å²) in [5.74, 6) is 0. The number of hydrogen-bond donors (Lipinski definition) is 0. The van der Waals surface area contributed by atoms with Crippen molar-refractivity contribution in [1.82, 2.24) is 0 Å². The molecule has 0 atom stereocenters. The molecule has 11 heavy (non-hydrogen) atoms. The van der Waals surface area contributed by atoms with Crippen molar-refractivity contribution in [3.05, 3.63) is 11.8 Å². The summed E-state index contributed by atoms with van der Waals surface area (Å²) in [4.78, 5) is 0. The van der Waals surface area contributed by atoms with Gasteiger partial charge in [-0.1, -0.05) is 51.2 Å². The van der Waals surface area contributed by atoms with Crippen LogP contribution in [0.1, 0.15) is 32.6 Å². The molecule has 1 heteroatoms. The van der Waals surface area contributed by atoms with Crippen molar-refractivity contribution < 1.29 is 0 Å². The van der Waals surface area contributed by atoms with Crippen molar-refractivity contribution in [2.24, 2.45) is 0 Å². The summed E-state index contributed by atoms with van der Waals surface area (Å²) >= 11 is 0. The van der Waals surface area contributed by atoms with Gasteiger partial charge in [0.25, 0.3) is 0 Å². The summed E-state index contributed by atoms with van der Waals surface area (Å²) in [6, 6.07) is 0. The molecule has 0 saturated carbocycles. The van der Waals surface area contributed by atoms with E-state index in [1.807, 2.05) is 0 Å². The minimum atomic E-state index is -0.898. The predicted molar refractivity (Wildman–Crippen MR) is 56.6 cm³/mol. The molecular formula is C10H22Si. The highest BCUT2D eigenvalue weighted by atomic mass is 28.3. The molecule has 0 fully saturated rings. The molecule has 0 radical (unpaired) electrons. The third-order valence-electron chi connectivity index (χ3n) is 1.59. The third-order valence-corrected chi connectivity index (χ3v) is 2.83. The van der Waals surface area contributed by atoms with E-state index in [4.69, 9.17) is 0 Å². The van der Waals surface area contributed by atoms with Gasteiger partial charge in [0, 0.05) is 0 Å². The van der Waals surface area contributed by atoms with Crippen molar-refractivity contribution in [1.29, 1.82) is 0 Å². The standard InChI is InChI=1S/C10H22Si/c1-5-6-7-8-9-10-11(2,3)4/h9-10H,5-8H2,1-4H3. The molecule has 0 bridgehead atoms. The fraction of sp³-hybridized carbons (Fsp3) is 0.800. The first kappa shape index (κ1) is 11.0. The second kappa shape index (κ2) is 5.59.